The van der Waals surface area contributed by atoms with Crippen LogP contribution in [0.3, 0.4) is 0 Å². The SMILES string of the molecule is COc1ccc(F)cc1[C@H](Cn1c(=O)n(C(C)(C)C(=O)CC(C)C)c(=O)c2c(C)c(-n3nccn3)sc21)OCCN1CC(F)C1. The van der Waals surface area contributed by atoms with E-state index in [0.717, 1.165) is 15.9 Å². The van der Waals surface area contributed by atoms with Gasteiger partial charge in [-0.15, -0.1) is 4.80 Å². The third-order valence-electron chi connectivity index (χ3n) is 8.15. The van der Waals surface area contributed by atoms with Gasteiger partial charge < -0.3 is 9.47 Å². The Morgan fingerprint density at radius 2 is 1.87 bits per heavy atom. The maximum absolute atomic E-state index is 14.6. The number of thiophene rings is 1. The van der Waals surface area contributed by atoms with Crippen molar-refractivity contribution in [2.45, 2.75) is 65.4 Å². The van der Waals surface area contributed by atoms with Crippen molar-refractivity contribution in [2.75, 3.05) is 33.4 Å². The fourth-order valence-corrected chi connectivity index (χ4v) is 6.84. The van der Waals surface area contributed by atoms with Crippen LogP contribution in [-0.4, -0.2) is 74.3 Å². The fourth-order valence-electron chi connectivity index (χ4n) is 5.62. The van der Waals surface area contributed by atoms with Crippen LogP contribution in [0.2, 0.25) is 0 Å². The standard InChI is InChI=1S/C31H38F2N6O5S/c1-18(2)13-25(40)31(4,5)38-27(41)26-19(3)28(39-34-9-10-35-39)45-29(26)37(30(38)42)17-24(44-12-11-36-15-21(33)16-36)22-14-20(32)7-8-23(22)43-6/h7-10,14,18,21,24H,11-13,15-17H2,1-6H3/t24-/m0/s1. The van der Waals surface area contributed by atoms with Gasteiger partial charge in [0.05, 0.1) is 38.0 Å². The summed E-state index contributed by atoms with van der Waals surface area (Å²) in [6.45, 7) is 9.76. The monoisotopic (exact) mass is 644 g/mol. The maximum atomic E-state index is 14.6. The zero-order valence-electron chi connectivity index (χ0n) is 26.3. The lowest BCUT2D eigenvalue weighted by Crippen LogP contribution is -2.53. The van der Waals surface area contributed by atoms with Gasteiger partial charge in [0, 0.05) is 37.2 Å². The van der Waals surface area contributed by atoms with E-state index in [9.17, 15) is 23.2 Å². The highest BCUT2D eigenvalue weighted by molar-refractivity contribution is 7.21. The average Bonchev–Trinajstić information content (AvgIpc) is 3.61. The quantitative estimate of drug-likeness (QED) is 0.215. The molecule has 1 aliphatic heterocycles. The van der Waals surface area contributed by atoms with Crippen LogP contribution in [-0.2, 0) is 21.6 Å². The van der Waals surface area contributed by atoms with Gasteiger partial charge in [-0.1, -0.05) is 25.2 Å². The lowest BCUT2D eigenvalue weighted by molar-refractivity contribution is -0.127. The number of alkyl halides is 1. The maximum Gasteiger partial charge on any atom is 0.333 e. The van der Waals surface area contributed by atoms with Crippen LogP contribution < -0.4 is 16.0 Å². The van der Waals surface area contributed by atoms with E-state index >= 15 is 0 Å². The molecule has 1 fully saturated rings. The van der Waals surface area contributed by atoms with Gasteiger partial charge in [0.2, 0.25) is 0 Å². The van der Waals surface area contributed by atoms with Crippen molar-refractivity contribution in [3.63, 3.8) is 0 Å². The first kappa shape index (κ1) is 32.6. The van der Waals surface area contributed by atoms with Gasteiger partial charge in [-0.25, -0.2) is 18.1 Å². The summed E-state index contributed by atoms with van der Waals surface area (Å²) in [5, 5.41) is 9.23. The van der Waals surface area contributed by atoms with E-state index in [1.807, 2.05) is 18.7 Å². The highest BCUT2D eigenvalue weighted by Crippen LogP contribution is 2.34. The van der Waals surface area contributed by atoms with Gasteiger partial charge in [0.15, 0.2) is 5.78 Å². The lowest BCUT2D eigenvalue weighted by atomic mass is 9.91. The van der Waals surface area contributed by atoms with Gasteiger partial charge in [-0.05, 0) is 44.9 Å². The Morgan fingerprint density at radius 1 is 1.18 bits per heavy atom. The Hall–Kier alpha value is -3.75. The summed E-state index contributed by atoms with van der Waals surface area (Å²) < 4.78 is 42.3. The molecule has 0 N–H and O–H groups in total. The number of carbonyl (C=O) groups is 1. The number of ether oxygens (including phenoxy) is 2. The Kier molecular flexibility index (Phi) is 9.38. The van der Waals surface area contributed by atoms with Crippen molar-refractivity contribution >= 4 is 27.3 Å². The average molecular weight is 645 g/mol. The molecule has 0 bridgehead atoms. The largest absolute Gasteiger partial charge is 0.496 e. The van der Waals surface area contributed by atoms with Crippen molar-refractivity contribution in [1.29, 1.82) is 0 Å². The minimum absolute atomic E-state index is 0.0103. The van der Waals surface area contributed by atoms with E-state index in [0.29, 0.717) is 46.3 Å². The van der Waals surface area contributed by atoms with Crippen LogP contribution in [0.5, 0.6) is 5.75 Å². The zero-order valence-corrected chi connectivity index (χ0v) is 27.1. The van der Waals surface area contributed by atoms with Crippen LogP contribution in [0.25, 0.3) is 15.2 Å². The van der Waals surface area contributed by atoms with Crippen LogP contribution in [0.15, 0.2) is 40.2 Å². The Balaban J connectivity index is 1.70. The molecule has 0 aliphatic carbocycles. The predicted molar refractivity (Wildman–Crippen MR) is 167 cm³/mol. The number of ketones is 1. The third-order valence-corrected chi connectivity index (χ3v) is 9.43. The summed E-state index contributed by atoms with van der Waals surface area (Å²) in [4.78, 5) is 45.7. The molecule has 0 amide bonds. The molecule has 0 saturated carbocycles. The fraction of sp³-hybridized carbons (Fsp3) is 0.516. The van der Waals surface area contributed by atoms with Crippen LogP contribution >= 0.6 is 11.3 Å². The topological polar surface area (TPSA) is 113 Å². The Bertz CT molecular complexity index is 1810. The number of hydrogen-bond donors (Lipinski definition) is 0. The molecule has 14 heteroatoms. The van der Waals surface area contributed by atoms with Gasteiger partial charge in [-0.2, -0.15) is 10.2 Å². The number of aryl methyl sites for hydroxylation is 1. The summed E-state index contributed by atoms with van der Waals surface area (Å²) in [6.07, 6.45) is 1.40. The first-order valence-electron chi connectivity index (χ1n) is 14.8. The minimum atomic E-state index is -1.47. The summed E-state index contributed by atoms with van der Waals surface area (Å²) in [5.41, 5.74) is -1.87. The van der Waals surface area contributed by atoms with Gasteiger partial charge in [-0.3, -0.25) is 19.1 Å². The number of aromatic nitrogens is 5. The van der Waals surface area contributed by atoms with Crippen LogP contribution in [0, 0.1) is 18.7 Å². The molecule has 1 aliphatic rings. The first-order chi connectivity index (χ1) is 21.3. The molecule has 1 atom stereocenters. The van der Waals surface area contributed by atoms with Crippen molar-refractivity contribution in [3.8, 4) is 10.8 Å². The second-order valence-electron chi connectivity index (χ2n) is 12.2. The lowest BCUT2D eigenvalue weighted by Gasteiger charge is -2.34. The Morgan fingerprint density at radius 3 is 2.49 bits per heavy atom. The molecule has 0 unspecified atom stereocenters. The van der Waals surface area contributed by atoms with E-state index in [-0.39, 0.29) is 36.7 Å². The molecule has 4 heterocycles. The number of carbonyl (C=O) groups excluding carboxylic acids is 1. The number of methoxy groups -OCH3 is 1. The highest BCUT2D eigenvalue weighted by atomic mass is 32.1. The molecule has 3 aromatic heterocycles. The smallest absolute Gasteiger partial charge is 0.333 e. The number of nitrogens with zero attached hydrogens (tertiary/aromatic N) is 6. The number of fused-ring (bicyclic) bond motifs is 1. The third kappa shape index (κ3) is 6.36. The molecule has 1 saturated heterocycles. The van der Waals surface area contributed by atoms with Crippen molar-refractivity contribution in [3.05, 3.63) is 68.4 Å². The van der Waals surface area contributed by atoms with Crippen LogP contribution in [0.1, 0.15) is 51.3 Å². The van der Waals surface area contributed by atoms with Crippen molar-refractivity contribution < 1.29 is 23.0 Å². The van der Waals surface area contributed by atoms with Gasteiger partial charge in [0.1, 0.15) is 39.2 Å². The summed E-state index contributed by atoms with van der Waals surface area (Å²) in [7, 11) is 1.45. The molecule has 11 nitrogen and oxygen atoms in total. The van der Waals surface area contributed by atoms with E-state index < -0.39 is 34.9 Å². The normalized spacial score (nSPS) is 15.1. The number of likely N-dealkylation sites (tertiary alicyclic amines) is 1. The molecule has 1 aromatic carbocycles. The zero-order chi connectivity index (χ0) is 32.6. The molecule has 5 rings (SSSR count). The molecule has 0 spiro atoms. The molecular formula is C31H38F2N6O5S. The van der Waals surface area contributed by atoms with Crippen molar-refractivity contribution in [1.82, 2.24) is 29.0 Å². The highest BCUT2D eigenvalue weighted by Gasteiger charge is 2.36. The number of Topliss-reactive ketones (excluding diaryl/α,β-unsaturated/α-hetero) is 1. The van der Waals surface area contributed by atoms with Gasteiger partial charge in [0.25, 0.3) is 5.56 Å². The van der Waals surface area contributed by atoms with E-state index in [1.54, 1.807) is 20.8 Å². The van der Waals surface area contributed by atoms with Crippen molar-refractivity contribution in [2.24, 2.45) is 5.92 Å². The second-order valence-corrected chi connectivity index (χ2v) is 13.2. The molecule has 242 valence electrons. The number of benzene rings is 1. The molecule has 45 heavy (non-hydrogen) atoms. The number of halogens is 2. The van der Waals surface area contributed by atoms with Gasteiger partial charge >= 0.3 is 5.69 Å². The summed E-state index contributed by atoms with van der Waals surface area (Å²) in [5.74, 6) is -0.423. The minimum Gasteiger partial charge on any atom is -0.496 e. The molecular weight excluding hydrogens is 606 g/mol. The molecule has 4 aromatic rings. The first-order valence-corrected chi connectivity index (χ1v) is 15.7. The second kappa shape index (κ2) is 12.9. The predicted octanol–water partition coefficient (Wildman–Crippen LogP) is 4.02. The van der Waals surface area contributed by atoms with E-state index in [2.05, 4.69) is 10.2 Å². The van der Waals surface area contributed by atoms with E-state index in [1.165, 1.54) is 47.1 Å². The van der Waals surface area contributed by atoms with E-state index in [4.69, 9.17) is 9.47 Å². The number of rotatable bonds is 13. The summed E-state index contributed by atoms with van der Waals surface area (Å²) in [6, 6.07) is 4.03. The summed E-state index contributed by atoms with van der Waals surface area (Å²) >= 11 is 1.16. The Labute approximate surface area is 263 Å². The number of hydrogen-bond acceptors (Lipinski definition) is 9. The van der Waals surface area contributed by atoms with Crippen LogP contribution in [0.4, 0.5) is 8.78 Å². The molecule has 0 radical (unpaired) electrons.